The largest absolute Gasteiger partial charge is 0.475 e. The Morgan fingerprint density at radius 2 is 2.22 bits per heavy atom. The van der Waals surface area contributed by atoms with E-state index in [4.69, 9.17) is 9.52 Å². The molecule has 0 saturated carbocycles. The Labute approximate surface area is 108 Å². The van der Waals surface area contributed by atoms with E-state index in [0.29, 0.717) is 0 Å². The first-order chi connectivity index (χ1) is 8.58. The lowest BCUT2D eigenvalue weighted by molar-refractivity contribution is 0.0656. The molecule has 2 atom stereocenters. The third-order valence-electron chi connectivity index (χ3n) is 3.85. The van der Waals surface area contributed by atoms with Gasteiger partial charge in [-0.15, -0.1) is 0 Å². The van der Waals surface area contributed by atoms with Crippen molar-refractivity contribution in [1.82, 2.24) is 4.90 Å². The van der Waals surface area contributed by atoms with Gasteiger partial charge in [-0.05, 0) is 57.3 Å². The molecule has 100 valence electrons. The maximum Gasteiger partial charge on any atom is 0.371 e. The number of carboxylic acids is 1. The first kappa shape index (κ1) is 13.1. The maximum absolute atomic E-state index is 10.8. The molecule has 1 saturated heterocycles. The van der Waals surface area contributed by atoms with Crippen LogP contribution in [0.4, 0.5) is 0 Å². The molecule has 1 aromatic heterocycles. The fourth-order valence-electron chi connectivity index (χ4n) is 2.54. The SMILES string of the molecule is CC1CCCN(C(C)c2ccc(C(=O)O)o2)CC1. The molecular formula is C14H21NO3. The topological polar surface area (TPSA) is 53.7 Å². The number of rotatable bonds is 3. The van der Waals surface area contributed by atoms with Crippen LogP contribution in [0.25, 0.3) is 0 Å². The summed E-state index contributed by atoms with van der Waals surface area (Å²) in [6, 6.07) is 3.47. The average Bonchev–Trinajstić information content (AvgIpc) is 2.73. The van der Waals surface area contributed by atoms with Crippen molar-refractivity contribution in [2.24, 2.45) is 5.92 Å². The molecule has 1 fully saturated rings. The zero-order valence-electron chi connectivity index (χ0n) is 11.1. The van der Waals surface area contributed by atoms with Crippen LogP contribution in [0.5, 0.6) is 0 Å². The summed E-state index contributed by atoms with van der Waals surface area (Å²) >= 11 is 0. The number of likely N-dealkylation sites (tertiary alicyclic amines) is 1. The van der Waals surface area contributed by atoms with Crippen molar-refractivity contribution in [3.63, 3.8) is 0 Å². The van der Waals surface area contributed by atoms with E-state index in [9.17, 15) is 4.79 Å². The summed E-state index contributed by atoms with van der Waals surface area (Å²) in [6.07, 6.45) is 3.69. The van der Waals surface area contributed by atoms with Crippen molar-refractivity contribution in [2.75, 3.05) is 13.1 Å². The summed E-state index contributed by atoms with van der Waals surface area (Å²) in [4.78, 5) is 13.2. The van der Waals surface area contributed by atoms with Gasteiger partial charge in [-0.25, -0.2) is 4.79 Å². The van der Waals surface area contributed by atoms with Crippen LogP contribution in [0.1, 0.15) is 55.5 Å². The van der Waals surface area contributed by atoms with Crippen LogP contribution in [0.15, 0.2) is 16.5 Å². The number of hydrogen-bond acceptors (Lipinski definition) is 3. The molecule has 0 aromatic carbocycles. The molecule has 2 heterocycles. The van der Waals surface area contributed by atoms with E-state index in [1.165, 1.54) is 25.3 Å². The lowest BCUT2D eigenvalue weighted by atomic mass is 10.0. The molecule has 0 spiro atoms. The van der Waals surface area contributed by atoms with Crippen LogP contribution in [0.2, 0.25) is 0 Å². The molecule has 0 radical (unpaired) electrons. The fraction of sp³-hybridized carbons (Fsp3) is 0.643. The Bertz CT molecular complexity index is 413. The number of nitrogens with zero attached hydrogens (tertiary/aromatic N) is 1. The van der Waals surface area contributed by atoms with E-state index < -0.39 is 5.97 Å². The zero-order valence-corrected chi connectivity index (χ0v) is 11.1. The number of aromatic carboxylic acids is 1. The van der Waals surface area contributed by atoms with Gasteiger partial charge in [-0.2, -0.15) is 0 Å². The van der Waals surface area contributed by atoms with Gasteiger partial charge in [0, 0.05) is 0 Å². The van der Waals surface area contributed by atoms with Crippen LogP contribution in [0.3, 0.4) is 0 Å². The molecule has 18 heavy (non-hydrogen) atoms. The smallest absolute Gasteiger partial charge is 0.371 e. The van der Waals surface area contributed by atoms with Crippen LogP contribution < -0.4 is 0 Å². The molecule has 1 aromatic rings. The highest BCUT2D eigenvalue weighted by molar-refractivity contribution is 5.84. The molecule has 0 bridgehead atoms. The molecule has 4 nitrogen and oxygen atoms in total. The minimum atomic E-state index is -1.00. The van der Waals surface area contributed by atoms with Crippen LogP contribution in [-0.2, 0) is 0 Å². The molecule has 1 N–H and O–H groups in total. The molecule has 1 aliphatic heterocycles. The Morgan fingerprint density at radius 1 is 1.44 bits per heavy atom. The van der Waals surface area contributed by atoms with Crippen molar-refractivity contribution in [2.45, 2.75) is 39.2 Å². The van der Waals surface area contributed by atoms with Crippen LogP contribution in [0, 0.1) is 5.92 Å². The van der Waals surface area contributed by atoms with E-state index in [2.05, 4.69) is 18.7 Å². The van der Waals surface area contributed by atoms with E-state index >= 15 is 0 Å². The quantitative estimate of drug-likeness (QED) is 0.896. The van der Waals surface area contributed by atoms with Gasteiger partial charge in [-0.3, -0.25) is 4.90 Å². The Morgan fingerprint density at radius 3 is 2.89 bits per heavy atom. The van der Waals surface area contributed by atoms with E-state index in [1.54, 1.807) is 6.07 Å². The number of carbonyl (C=O) groups is 1. The second kappa shape index (κ2) is 5.57. The van der Waals surface area contributed by atoms with Gasteiger partial charge in [0.05, 0.1) is 6.04 Å². The summed E-state index contributed by atoms with van der Waals surface area (Å²) < 4.78 is 5.39. The molecule has 2 rings (SSSR count). The maximum atomic E-state index is 10.8. The zero-order chi connectivity index (χ0) is 13.1. The van der Waals surface area contributed by atoms with E-state index in [0.717, 1.165) is 24.8 Å². The predicted octanol–water partition coefficient (Wildman–Crippen LogP) is 3.16. The first-order valence-corrected chi connectivity index (χ1v) is 6.65. The van der Waals surface area contributed by atoms with Crippen molar-refractivity contribution in [3.05, 3.63) is 23.7 Å². The Balaban J connectivity index is 2.05. The number of carboxylic acid groups (broad SMARTS) is 1. The molecule has 0 amide bonds. The molecule has 2 unspecified atom stereocenters. The van der Waals surface area contributed by atoms with Crippen molar-refractivity contribution < 1.29 is 14.3 Å². The average molecular weight is 251 g/mol. The lowest BCUT2D eigenvalue weighted by Crippen LogP contribution is -2.27. The second-order valence-electron chi connectivity index (χ2n) is 5.26. The normalized spacial score (nSPS) is 23.6. The van der Waals surface area contributed by atoms with Gasteiger partial charge >= 0.3 is 5.97 Å². The van der Waals surface area contributed by atoms with Gasteiger partial charge in [-0.1, -0.05) is 6.92 Å². The number of furan rings is 1. The van der Waals surface area contributed by atoms with Gasteiger partial charge in [0.15, 0.2) is 0 Å². The lowest BCUT2D eigenvalue weighted by Gasteiger charge is -2.26. The second-order valence-corrected chi connectivity index (χ2v) is 5.26. The summed E-state index contributed by atoms with van der Waals surface area (Å²) in [5.41, 5.74) is 0. The predicted molar refractivity (Wildman–Crippen MR) is 68.7 cm³/mol. The van der Waals surface area contributed by atoms with Crippen LogP contribution in [-0.4, -0.2) is 29.1 Å². The molecule has 0 aliphatic carbocycles. The Hall–Kier alpha value is -1.29. The Kier molecular flexibility index (Phi) is 4.07. The highest BCUT2D eigenvalue weighted by Gasteiger charge is 2.22. The fourth-order valence-corrected chi connectivity index (χ4v) is 2.54. The third kappa shape index (κ3) is 2.93. The van der Waals surface area contributed by atoms with Crippen LogP contribution >= 0.6 is 0 Å². The summed E-state index contributed by atoms with van der Waals surface area (Å²) in [6.45, 7) is 6.50. The van der Waals surface area contributed by atoms with Crippen molar-refractivity contribution >= 4 is 5.97 Å². The standard InChI is InChI=1S/C14H21NO3/c1-10-4-3-8-15(9-7-10)11(2)12-5-6-13(18-12)14(16)17/h5-6,10-11H,3-4,7-9H2,1-2H3,(H,16,17). The van der Waals surface area contributed by atoms with Crippen molar-refractivity contribution in [3.8, 4) is 0 Å². The van der Waals surface area contributed by atoms with Crippen molar-refractivity contribution in [1.29, 1.82) is 0 Å². The number of hydrogen-bond donors (Lipinski definition) is 1. The van der Waals surface area contributed by atoms with Gasteiger partial charge in [0.2, 0.25) is 5.76 Å². The monoisotopic (exact) mass is 251 g/mol. The van der Waals surface area contributed by atoms with Gasteiger partial charge in [0.25, 0.3) is 0 Å². The molecule has 1 aliphatic rings. The molecule has 4 heteroatoms. The summed E-state index contributed by atoms with van der Waals surface area (Å²) in [5.74, 6) is 0.563. The summed E-state index contributed by atoms with van der Waals surface area (Å²) in [7, 11) is 0. The third-order valence-corrected chi connectivity index (χ3v) is 3.85. The summed E-state index contributed by atoms with van der Waals surface area (Å²) in [5, 5.41) is 8.86. The minimum Gasteiger partial charge on any atom is -0.475 e. The van der Waals surface area contributed by atoms with E-state index in [1.807, 2.05) is 0 Å². The van der Waals surface area contributed by atoms with Gasteiger partial charge in [0.1, 0.15) is 5.76 Å². The van der Waals surface area contributed by atoms with Gasteiger partial charge < -0.3 is 9.52 Å². The first-order valence-electron chi connectivity index (χ1n) is 6.65. The molecular weight excluding hydrogens is 230 g/mol. The highest BCUT2D eigenvalue weighted by atomic mass is 16.4. The van der Waals surface area contributed by atoms with E-state index in [-0.39, 0.29) is 11.8 Å². The minimum absolute atomic E-state index is 0.0278. The highest BCUT2D eigenvalue weighted by Crippen LogP contribution is 2.26.